The van der Waals surface area contributed by atoms with Crippen LogP contribution in [0.3, 0.4) is 0 Å². The molecule has 0 bridgehead atoms. The van der Waals surface area contributed by atoms with Crippen LogP contribution in [0.2, 0.25) is 0 Å². The first-order valence-corrected chi connectivity index (χ1v) is 7.06. The molecule has 0 fully saturated rings. The Morgan fingerprint density at radius 1 is 1.60 bits per heavy atom. The second-order valence-corrected chi connectivity index (χ2v) is 5.19. The third kappa shape index (κ3) is 3.83. The van der Waals surface area contributed by atoms with E-state index in [1.54, 1.807) is 23.1 Å². The molecule has 5 heteroatoms. The van der Waals surface area contributed by atoms with E-state index in [1.165, 1.54) is 0 Å². The van der Waals surface area contributed by atoms with Crippen molar-refractivity contribution >= 4 is 29.1 Å². The van der Waals surface area contributed by atoms with Crippen LogP contribution in [-0.2, 0) is 23.4 Å². The molecule has 3 nitrogen and oxygen atoms in total. The Hall–Kier alpha value is -0.550. The van der Waals surface area contributed by atoms with Crippen molar-refractivity contribution in [3.8, 4) is 0 Å². The Morgan fingerprint density at radius 3 is 2.87 bits per heavy atom. The molecule has 0 amide bonds. The molecular weight excluding hydrogens is 230 g/mol. The number of nitrogens with zero attached hydrogens (tertiary/aromatic N) is 1. The van der Waals surface area contributed by atoms with Crippen molar-refractivity contribution in [2.75, 3.05) is 6.26 Å². The highest BCUT2D eigenvalue weighted by Gasteiger charge is 2.10. The second kappa shape index (κ2) is 6.12. The number of hydrogen-bond acceptors (Lipinski definition) is 4. The first-order chi connectivity index (χ1) is 7.17. The Labute approximate surface area is 97.9 Å². The van der Waals surface area contributed by atoms with Gasteiger partial charge in [0.25, 0.3) is 0 Å². The molecule has 0 radical (unpaired) electrons. The van der Waals surface area contributed by atoms with Gasteiger partial charge in [0.15, 0.2) is 0 Å². The molecule has 0 unspecified atom stereocenters. The van der Waals surface area contributed by atoms with Gasteiger partial charge in [-0.2, -0.15) is 11.8 Å². The lowest BCUT2D eigenvalue weighted by molar-refractivity contribution is -0.136. The van der Waals surface area contributed by atoms with Gasteiger partial charge in [0.2, 0.25) is 0 Å². The summed E-state index contributed by atoms with van der Waals surface area (Å²) in [5, 5.41) is 9.74. The zero-order valence-electron chi connectivity index (χ0n) is 8.95. The lowest BCUT2D eigenvalue weighted by Crippen LogP contribution is -1.98. The summed E-state index contributed by atoms with van der Waals surface area (Å²) in [6, 6.07) is 0. The fraction of sp³-hybridized carbons (Fsp3) is 0.600. The van der Waals surface area contributed by atoms with Crippen LogP contribution in [0.5, 0.6) is 0 Å². The molecular formula is C10H15NO2S2. The molecule has 84 valence electrons. The fourth-order valence-corrected chi connectivity index (χ4v) is 3.17. The van der Waals surface area contributed by atoms with Crippen LogP contribution in [-0.4, -0.2) is 22.3 Å². The van der Waals surface area contributed by atoms with Gasteiger partial charge >= 0.3 is 5.97 Å². The summed E-state index contributed by atoms with van der Waals surface area (Å²) in [5.74, 6) is 0.182. The van der Waals surface area contributed by atoms with E-state index < -0.39 is 5.97 Å². The molecule has 1 rings (SSSR count). The van der Waals surface area contributed by atoms with Crippen LogP contribution >= 0.6 is 23.1 Å². The van der Waals surface area contributed by atoms with E-state index in [1.807, 2.05) is 6.26 Å². The van der Waals surface area contributed by atoms with Crippen molar-refractivity contribution in [2.24, 2.45) is 0 Å². The Morgan fingerprint density at radius 2 is 2.33 bits per heavy atom. The number of carboxylic acid groups (broad SMARTS) is 1. The molecule has 1 aromatic rings. The second-order valence-electron chi connectivity index (χ2n) is 3.16. The molecule has 0 atom stereocenters. The highest BCUT2D eigenvalue weighted by atomic mass is 32.2. The average Bonchev–Trinajstić information content (AvgIpc) is 2.58. The first-order valence-electron chi connectivity index (χ1n) is 4.85. The largest absolute Gasteiger partial charge is 0.481 e. The van der Waals surface area contributed by atoms with E-state index in [-0.39, 0.29) is 6.42 Å². The minimum absolute atomic E-state index is 0.202. The minimum Gasteiger partial charge on any atom is -0.481 e. The van der Waals surface area contributed by atoms with Gasteiger partial charge in [-0.05, 0) is 19.1 Å². The summed E-state index contributed by atoms with van der Waals surface area (Å²) < 4.78 is 0. The number of aryl methyl sites for hydroxylation is 2. The van der Waals surface area contributed by atoms with Gasteiger partial charge in [-0.1, -0.05) is 6.92 Å². The lowest BCUT2D eigenvalue weighted by Gasteiger charge is -1.95. The number of aromatic nitrogens is 1. The third-order valence-corrected chi connectivity index (χ3v) is 3.89. The van der Waals surface area contributed by atoms with Crippen LogP contribution in [0.25, 0.3) is 0 Å². The first kappa shape index (κ1) is 12.5. The number of rotatable bonds is 6. The number of aliphatic carboxylic acids is 1. The van der Waals surface area contributed by atoms with E-state index in [0.29, 0.717) is 6.42 Å². The minimum atomic E-state index is -0.739. The van der Waals surface area contributed by atoms with Gasteiger partial charge in [-0.3, -0.25) is 4.79 Å². The van der Waals surface area contributed by atoms with E-state index in [9.17, 15) is 4.79 Å². The summed E-state index contributed by atoms with van der Waals surface area (Å²) in [6.45, 7) is 2.06. The van der Waals surface area contributed by atoms with E-state index in [0.717, 1.165) is 27.8 Å². The molecule has 15 heavy (non-hydrogen) atoms. The van der Waals surface area contributed by atoms with Crippen molar-refractivity contribution in [1.82, 2.24) is 4.98 Å². The van der Waals surface area contributed by atoms with Crippen LogP contribution in [0.15, 0.2) is 0 Å². The van der Waals surface area contributed by atoms with Gasteiger partial charge in [0.05, 0.1) is 12.1 Å². The maximum absolute atomic E-state index is 10.5. The standard InChI is InChI=1S/C10H15NO2S2/c1-3-7-8(4-5-10(12)13)15-9(11-7)6-14-2/h3-6H2,1-2H3,(H,12,13). The highest BCUT2D eigenvalue weighted by molar-refractivity contribution is 7.97. The molecule has 1 aromatic heterocycles. The normalized spacial score (nSPS) is 10.5. The summed E-state index contributed by atoms with van der Waals surface area (Å²) in [6.07, 6.45) is 3.75. The molecule has 1 heterocycles. The number of carboxylic acids is 1. The van der Waals surface area contributed by atoms with Crippen molar-refractivity contribution in [3.63, 3.8) is 0 Å². The van der Waals surface area contributed by atoms with Crippen LogP contribution in [0.1, 0.15) is 28.9 Å². The molecule has 0 saturated carbocycles. The Balaban J connectivity index is 2.71. The van der Waals surface area contributed by atoms with Gasteiger partial charge in [0.1, 0.15) is 5.01 Å². The summed E-state index contributed by atoms with van der Waals surface area (Å²) in [4.78, 5) is 16.1. The fourth-order valence-electron chi connectivity index (χ4n) is 1.31. The number of thiazole rings is 1. The topological polar surface area (TPSA) is 50.2 Å². The van der Waals surface area contributed by atoms with E-state index >= 15 is 0 Å². The van der Waals surface area contributed by atoms with Crippen molar-refractivity contribution in [1.29, 1.82) is 0 Å². The average molecular weight is 245 g/mol. The molecule has 1 N–H and O–H groups in total. The van der Waals surface area contributed by atoms with Crippen LogP contribution in [0, 0.1) is 0 Å². The molecule has 0 spiro atoms. The van der Waals surface area contributed by atoms with Gasteiger partial charge < -0.3 is 5.11 Å². The Kier molecular flexibility index (Phi) is 5.11. The zero-order chi connectivity index (χ0) is 11.3. The number of thioether (sulfide) groups is 1. The van der Waals surface area contributed by atoms with E-state index in [2.05, 4.69) is 11.9 Å². The molecule has 0 saturated heterocycles. The van der Waals surface area contributed by atoms with E-state index in [4.69, 9.17) is 5.11 Å². The van der Waals surface area contributed by atoms with Gasteiger partial charge in [0, 0.05) is 10.6 Å². The predicted octanol–water partition coefficient (Wildman–Crippen LogP) is 2.59. The van der Waals surface area contributed by atoms with Crippen LogP contribution < -0.4 is 0 Å². The summed E-state index contributed by atoms with van der Waals surface area (Å²) in [5.41, 5.74) is 1.07. The maximum atomic E-state index is 10.5. The smallest absolute Gasteiger partial charge is 0.303 e. The number of carbonyl (C=O) groups is 1. The van der Waals surface area contributed by atoms with Crippen molar-refractivity contribution in [3.05, 3.63) is 15.6 Å². The molecule has 0 aromatic carbocycles. The van der Waals surface area contributed by atoms with Gasteiger partial charge in [-0.25, -0.2) is 4.98 Å². The van der Waals surface area contributed by atoms with Gasteiger partial charge in [-0.15, -0.1) is 11.3 Å². The van der Waals surface area contributed by atoms with Crippen LogP contribution in [0.4, 0.5) is 0 Å². The quantitative estimate of drug-likeness (QED) is 0.837. The lowest BCUT2D eigenvalue weighted by atomic mass is 10.2. The third-order valence-electron chi connectivity index (χ3n) is 1.99. The monoisotopic (exact) mass is 245 g/mol. The zero-order valence-corrected chi connectivity index (χ0v) is 10.6. The predicted molar refractivity (Wildman–Crippen MR) is 64.7 cm³/mol. The highest BCUT2D eigenvalue weighted by Crippen LogP contribution is 2.23. The van der Waals surface area contributed by atoms with Crippen molar-refractivity contribution in [2.45, 2.75) is 31.9 Å². The summed E-state index contributed by atoms with van der Waals surface area (Å²) >= 11 is 3.40. The molecule has 0 aliphatic carbocycles. The summed E-state index contributed by atoms with van der Waals surface area (Å²) in [7, 11) is 0. The van der Waals surface area contributed by atoms with Crippen molar-refractivity contribution < 1.29 is 9.90 Å². The Bertz CT molecular complexity index is 336. The number of hydrogen-bond donors (Lipinski definition) is 1. The molecule has 0 aliphatic rings. The SMILES string of the molecule is CCc1nc(CSC)sc1CCC(=O)O. The molecule has 0 aliphatic heterocycles. The maximum Gasteiger partial charge on any atom is 0.303 e.